The lowest BCUT2D eigenvalue weighted by molar-refractivity contribution is 0.221. The first kappa shape index (κ1) is 15.0. The van der Waals surface area contributed by atoms with Crippen LogP contribution in [0.2, 0.25) is 5.02 Å². The topological polar surface area (TPSA) is 6.48 Å². The summed E-state index contributed by atoms with van der Waals surface area (Å²) in [5.74, 6) is 0.508. The molecule has 19 heavy (non-hydrogen) atoms. The monoisotopic (exact) mass is 300 g/mol. The van der Waals surface area contributed by atoms with E-state index in [2.05, 4.69) is 29.8 Å². The summed E-state index contributed by atoms with van der Waals surface area (Å²) >= 11 is 12.1. The van der Waals surface area contributed by atoms with Crippen molar-refractivity contribution >= 4 is 28.9 Å². The lowest BCUT2D eigenvalue weighted by Gasteiger charge is -2.38. The molecule has 2 rings (SSSR count). The van der Waals surface area contributed by atoms with E-state index in [0.717, 1.165) is 17.1 Å². The third-order valence-electron chi connectivity index (χ3n) is 4.12. The van der Waals surface area contributed by atoms with Crippen molar-refractivity contribution in [1.29, 1.82) is 0 Å². The van der Waals surface area contributed by atoms with Crippen LogP contribution in [0.4, 0.5) is 5.69 Å². The first-order valence-corrected chi connectivity index (χ1v) is 7.86. The number of alkyl halides is 1. The molecule has 0 spiro atoms. The van der Waals surface area contributed by atoms with Crippen molar-refractivity contribution in [3.63, 3.8) is 0 Å². The average Bonchev–Trinajstić information content (AvgIpc) is 2.46. The number of piperidine rings is 1. The number of hydrogen-bond donors (Lipinski definition) is 0. The van der Waals surface area contributed by atoms with Gasteiger partial charge in [0.1, 0.15) is 0 Å². The largest absolute Gasteiger partial charge is 0.371 e. The van der Waals surface area contributed by atoms with Gasteiger partial charge in [-0.25, -0.2) is 0 Å². The van der Waals surface area contributed by atoms with Gasteiger partial charge in [0.15, 0.2) is 0 Å². The minimum absolute atomic E-state index is 0.508. The fourth-order valence-corrected chi connectivity index (χ4v) is 3.23. The minimum atomic E-state index is 0.508. The molecule has 0 radical (unpaired) electrons. The maximum Gasteiger partial charge on any atom is 0.0495 e. The van der Waals surface area contributed by atoms with Crippen LogP contribution in [0.15, 0.2) is 18.2 Å². The lowest BCUT2D eigenvalue weighted by Crippen LogP contribution is -2.43. The fourth-order valence-electron chi connectivity index (χ4n) is 2.82. The highest BCUT2D eigenvalue weighted by molar-refractivity contribution is 6.30. The Kier molecular flexibility index (Phi) is 5.37. The van der Waals surface area contributed by atoms with Crippen molar-refractivity contribution in [3.8, 4) is 0 Å². The van der Waals surface area contributed by atoms with E-state index in [1.807, 2.05) is 12.1 Å². The second-order valence-corrected chi connectivity index (χ2v) is 5.89. The summed E-state index contributed by atoms with van der Waals surface area (Å²) in [6.45, 7) is 5.77. The van der Waals surface area contributed by atoms with E-state index in [1.54, 1.807) is 0 Å². The second kappa shape index (κ2) is 6.83. The molecule has 0 atom stereocenters. The normalized spacial score (nSPS) is 17.7. The van der Waals surface area contributed by atoms with Crippen LogP contribution in [-0.2, 0) is 5.88 Å². The van der Waals surface area contributed by atoms with Gasteiger partial charge in [-0.2, -0.15) is 0 Å². The molecule has 1 aromatic carbocycles. The van der Waals surface area contributed by atoms with Gasteiger partial charge in [-0.3, -0.25) is 0 Å². The van der Waals surface area contributed by atoms with E-state index in [0.29, 0.717) is 11.9 Å². The van der Waals surface area contributed by atoms with E-state index in [-0.39, 0.29) is 0 Å². The van der Waals surface area contributed by atoms with Gasteiger partial charge in [-0.1, -0.05) is 18.5 Å². The van der Waals surface area contributed by atoms with Gasteiger partial charge in [-0.05, 0) is 43.1 Å². The highest BCUT2D eigenvalue weighted by Gasteiger charge is 2.23. The van der Waals surface area contributed by atoms with Crippen molar-refractivity contribution in [3.05, 3.63) is 28.8 Å². The van der Waals surface area contributed by atoms with E-state index < -0.39 is 0 Å². The number of anilines is 1. The van der Waals surface area contributed by atoms with E-state index >= 15 is 0 Å². The molecular weight excluding hydrogens is 279 g/mol. The second-order valence-electron chi connectivity index (χ2n) is 5.18. The summed E-state index contributed by atoms with van der Waals surface area (Å²) in [6.07, 6.45) is 2.43. The van der Waals surface area contributed by atoms with E-state index in [1.165, 1.54) is 31.6 Å². The van der Waals surface area contributed by atoms with Crippen molar-refractivity contribution < 1.29 is 0 Å². The molecule has 1 aliphatic rings. The molecule has 106 valence electrons. The Morgan fingerprint density at radius 1 is 1.32 bits per heavy atom. The van der Waals surface area contributed by atoms with E-state index in [4.69, 9.17) is 23.2 Å². The van der Waals surface area contributed by atoms with Gasteiger partial charge < -0.3 is 9.80 Å². The first-order chi connectivity index (χ1) is 9.15. The maximum absolute atomic E-state index is 6.04. The van der Waals surface area contributed by atoms with Crippen LogP contribution >= 0.6 is 23.2 Å². The highest BCUT2D eigenvalue weighted by atomic mass is 35.5. The van der Waals surface area contributed by atoms with Crippen molar-refractivity contribution in [1.82, 2.24) is 4.90 Å². The summed E-state index contributed by atoms with van der Waals surface area (Å²) in [4.78, 5) is 4.88. The summed E-state index contributed by atoms with van der Waals surface area (Å²) in [5.41, 5.74) is 2.34. The molecule has 1 heterocycles. The lowest BCUT2D eigenvalue weighted by atomic mass is 10.0. The number of likely N-dealkylation sites (tertiary alicyclic amines) is 1. The van der Waals surface area contributed by atoms with Crippen molar-refractivity contribution in [2.75, 3.05) is 31.6 Å². The smallest absolute Gasteiger partial charge is 0.0495 e. The van der Waals surface area contributed by atoms with Crippen LogP contribution < -0.4 is 4.90 Å². The van der Waals surface area contributed by atoms with Gasteiger partial charge in [0.05, 0.1) is 0 Å². The summed E-state index contributed by atoms with van der Waals surface area (Å²) in [6, 6.07) is 6.62. The molecule has 0 aromatic heterocycles. The molecule has 0 unspecified atom stereocenters. The molecule has 0 aliphatic carbocycles. The van der Waals surface area contributed by atoms with Crippen LogP contribution in [0.25, 0.3) is 0 Å². The van der Waals surface area contributed by atoms with Crippen molar-refractivity contribution in [2.24, 2.45) is 0 Å². The standard InChI is InChI=1S/C15H22Cl2N2/c1-3-19-8-6-14(7-9-19)18(2)15-5-4-13(17)10-12(15)11-16/h4-5,10,14H,3,6-9,11H2,1-2H3. The van der Waals surface area contributed by atoms with Crippen LogP contribution in [-0.4, -0.2) is 37.6 Å². The minimum Gasteiger partial charge on any atom is -0.371 e. The van der Waals surface area contributed by atoms with Gasteiger partial charge in [0.2, 0.25) is 0 Å². The number of nitrogens with zero attached hydrogens (tertiary/aromatic N) is 2. The third-order valence-corrected chi connectivity index (χ3v) is 4.64. The summed E-state index contributed by atoms with van der Waals surface area (Å²) < 4.78 is 0. The molecule has 0 saturated carbocycles. The van der Waals surface area contributed by atoms with Gasteiger partial charge in [0, 0.05) is 42.8 Å². The molecule has 1 fully saturated rings. The van der Waals surface area contributed by atoms with Gasteiger partial charge in [-0.15, -0.1) is 11.6 Å². The number of halogens is 2. The molecule has 0 amide bonds. The number of benzene rings is 1. The Balaban J connectivity index is 2.09. The Hall–Kier alpha value is -0.440. The highest BCUT2D eigenvalue weighted by Crippen LogP contribution is 2.29. The van der Waals surface area contributed by atoms with Crippen LogP contribution in [0.5, 0.6) is 0 Å². The van der Waals surface area contributed by atoms with Gasteiger partial charge in [0.25, 0.3) is 0 Å². The average molecular weight is 301 g/mol. The zero-order chi connectivity index (χ0) is 13.8. The fraction of sp³-hybridized carbons (Fsp3) is 0.600. The zero-order valence-electron chi connectivity index (χ0n) is 11.7. The van der Waals surface area contributed by atoms with E-state index in [9.17, 15) is 0 Å². The molecule has 0 N–H and O–H groups in total. The molecular formula is C15H22Cl2N2. The molecule has 1 saturated heterocycles. The zero-order valence-corrected chi connectivity index (χ0v) is 13.2. The quantitative estimate of drug-likeness (QED) is 0.776. The van der Waals surface area contributed by atoms with Crippen LogP contribution in [0.3, 0.4) is 0 Å². The van der Waals surface area contributed by atoms with Gasteiger partial charge >= 0.3 is 0 Å². The number of rotatable bonds is 4. The Morgan fingerprint density at radius 3 is 2.58 bits per heavy atom. The predicted molar refractivity (Wildman–Crippen MR) is 84.5 cm³/mol. The van der Waals surface area contributed by atoms with Crippen LogP contribution in [0.1, 0.15) is 25.3 Å². The molecule has 1 aliphatic heterocycles. The summed E-state index contributed by atoms with van der Waals surface area (Å²) in [7, 11) is 2.17. The Morgan fingerprint density at radius 2 is 2.00 bits per heavy atom. The molecule has 1 aromatic rings. The maximum atomic E-state index is 6.04. The SMILES string of the molecule is CCN1CCC(N(C)c2ccc(Cl)cc2CCl)CC1. The third kappa shape index (κ3) is 3.56. The molecule has 4 heteroatoms. The Labute approximate surface area is 126 Å². The molecule has 0 bridgehead atoms. The Bertz CT molecular complexity index is 415. The van der Waals surface area contributed by atoms with Crippen molar-refractivity contribution in [2.45, 2.75) is 31.7 Å². The number of hydrogen-bond acceptors (Lipinski definition) is 2. The summed E-state index contributed by atoms with van der Waals surface area (Å²) in [5, 5.41) is 0.758. The molecule has 2 nitrogen and oxygen atoms in total. The predicted octanol–water partition coefficient (Wildman–Crippen LogP) is 4.00. The first-order valence-electron chi connectivity index (χ1n) is 6.95. The van der Waals surface area contributed by atoms with Crippen LogP contribution in [0, 0.1) is 0 Å².